The number of alkyl carbamates (subject to hydrolysis) is 1. The maximum Gasteiger partial charge on any atom is 0.407 e. The van der Waals surface area contributed by atoms with Gasteiger partial charge in [0.2, 0.25) is 5.91 Å². The third kappa shape index (κ3) is 5.09. The van der Waals surface area contributed by atoms with Crippen LogP contribution in [0.25, 0.3) is 11.1 Å². The fraction of sp³-hybridized carbons (Fsp3) is 0.222. The summed E-state index contributed by atoms with van der Waals surface area (Å²) in [6.07, 6.45) is -0.000460. The van der Waals surface area contributed by atoms with Gasteiger partial charge in [0.05, 0.1) is 5.56 Å². The summed E-state index contributed by atoms with van der Waals surface area (Å²) in [6, 6.07) is 21.8. The minimum absolute atomic E-state index is 0.0389. The lowest BCUT2D eigenvalue weighted by Gasteiger charge is -2.19. The van der Waals surface area contributed by atoms with Crippen LogP contribution in [0.3, 0.4) is 0 Å². The van der Waals surface area contributed by atoms with E-state index in [9.17, 15) is 14.4 Å². The van der Waals surface area contributed by atoms with Crippen molar-refractivity contribution in [3.63, 3.8) is 0 Å². The second-order valence-electron chi connectivity index (χ2n) is 8.21. The molecule has 0 radical (unpaired) electrons. The van der Waals surface area contributed by atoms with Gasteiger partial charge in [0.15, 0.2) is 0 Å². The molecule has 0 aliphatic heterocycles. The number of nitrogens with one attached hydrogen (secondary N) is 2. The van der Waals surface area contributed by atoms with Crippen molar-refractivity contribution in [3.8, 4) is 11.1 Å². The second kappa shape index (κ2) is 10.2. The van der Waals surface area contributed by atoms with Crippen molar-refractivity contribution < 1.29 is 24.2 Å². The van der Waals surface area contributed by atoms with Gasteiger partial charge >= 0.3 is 12.1 Å². The Balaban J connectivity index is 1.33. The summed E-state index contributed by atoms with van der Waals surface area (Å²) in [7, 11) is 0. The van der Waals surface area contributed by atoms with Crippen LogP contribution < -0.4 is 10.6 Å². The van der Waals surface area contributed by atoms with E-state index in [2.05, 4.69) is 34.9 Å². The molecule has 1 aliphatic carbocycles. The third-order valence-corrected chi connectivity index (χ3v) is 5.98. The van der Waals surface area contributed by atoms with Crippen molar-refractivity contribution in [1.82, 2.24) is 5.32 Å². The fourth-order valence-electron chi connectivity index (χ4n) is 4.27. The number of rotatable bonds is 8. The minimum Gasteiger partial charge on any atom is -0.478 e. The molecule has 2 amide bonds. The maximum absolute atomic E-state index is 12.5. The molecule has 0 saturated heterocycles. The summed E-state index contributed by atoms with van der Waals surface area (Å²) in [5.41, 5.74) is 5.05. The van der Waals surface area contributed by atoms with E-state index in [1.807, 2.05) is 31.2 Å². The number of carboxylic acid groups (broad SMARTS) is 1. The molecule has 0 aromatic heterocycles. The number of carbonyl (C=O) groups is 3. The van der Waals surface area contributed by atoms with E-state index in [1.54, 1.807) is 12.1 Å². The van der Waals surface area contributed by atoms with Crippen LogP contribution in [-0.4, -0.2) is 35.7 Å². The van der Waals surface area contributed by atoms with Gasteiger partial charge in [0, 0.05) is 24.1 Å². The quantitative estimate of drug-likeness (QED) is 0.439. The van der Waals surface area contributed by atoms with Crippen molar-refractivity contribution in [1.29, 1.82) is 0 Å². The Kier molecular flexibility index (Phi) is 6.92. The first-order chi connectivity index (χ1) is 16.5. The Morgan fingerprint density at radius 3 is 2.21 bits per heavy atom. The molecule has 3 N–H and O–H groups in total. The highest BCUT2D eigenvalue weighted by Gasteiger charge is 2.29. The van der Waals surface area contributed by atoms with Gasteiger partial charge in [-0.2, -0.15) is 0 Å². The number of anilines is 1. The van der Waals surface area contributed by atoms with Crippen molar-refractivity contribution in [2.45, 2.75) is 31.7 Å². The maximum atomic E-state index is 12.5. The normalized spacial score (nSPS) is 12.9. The average Bonchev–Trinajstić information content (AvgIpc) is 3.16. The molecular formula is C27H26N2O5. The number of hydrogen-bond acceptors (Lipinski definition) is 4. The monoisotopic (exact) mass is 458 g/mol. The zero-order valence-electron chi connectivity index (χ0n) is 18.8. The van der Waals surface area contributed by atoms with Crippen LogP contribution in [-0.2, 0) is 9.53 Å². The number of carbonyl (C=O) groups excluding carboxylic acids is 2. The fourth-order valence-corrected chi connectivity index (χ4v) is 4.27. The zero-order chi connectivity index (χ0) is 24.1. The number of amides is 2. The number of hydrogen-bond donors (Lipinski definition) is 3. The summed E-state index contributed by atoms with van der Waals surface area (Å²) >= 11 is 0. The Hall–Kier alpha value is -4.13. The molecule has 0 fully saturated rings. The number of aromatic carboxylic acids is 1. The lowest BCUT2D eigenvalue weighted by Crippen LogP contribution is -2.38. The van der Waals surface area contributed by atoms with E-state index < -0.39 is 18.1 Å². The van der Waals surface area contributed by atoms with Crippen LogP contribution in [0.4, 0.5) is 10.5 Å². The first kappa shape index (κ1) is 23.0. The molecule has 0 heterocycles. The van der Waals surface area contributed by atoms with E-state index in [-0.39, 0.29) is 30.4 Å². The van der Waals surface area contributed by atoms with Crippen LogP contribution in [0.1, 0.15) is 47.2 Å². The van der Waals surface area contributed by atoms with Crippen LogP contribution in [0.15, 0.2) is 72.8 Å². The first-order valence-electron chi connectivity index (χ1n) is 11.2. The molecule has 3 aromatic carbocycles. The SMILES string of the molecule is CCC(CC(=O)Nc1cccc(C(=O)O)c1)NC(=O)OCC1c2ccccc2-c2ccccc21. The van der Waals surface area contributed by atoms with E-state index in [1.165, 1.54) is 12.1 Å². The van der Waals surface area contributed by atoms with Gasteiger partial charge in [-0.15, -0.1) is 0 Å². The molecule has 3 aromatic rings. The van der Waals surface area contributed by atoms with E-state index >= 15 is 0 Å². The lowest BCUT2D eigenvalue weighted by molar-refractivity contribution is -0.116. The smallest absolute Gasteiger partial charge is 0.407 e. The lowest BCUT2D eigenvalue weighted by atomic mass is 9.98. The number of benzene rings is 3. The van der Waals surface area contributed by atoms with E-state index in [0.29, 0.717) is 12.1 Å². The highest BCUT2D eigenvalue weighted by atomic mass is 16.5. The van der Waals surface area contributed by atoms with Gasteiger partial charge in [-0.3, -0.25) is 4.79 Å². The summed E-state index contributed by atoms with van der Waals surface area (Å²) in [6.45, 7) is 2.07. The van der Waals surface area contributed by atoms with Crippen LogP contribution >= 0.6 is 0 Å². The van der Waals surface area contributed by atoms with E-state index in [0.717, 1.165) is 22.3 Å². The molecule has 0 bridgehead atoms. The highest BCUT2D eigenvalue weighted by Crippen LogP contribution is 2.44. The molecule has 1 atom stereocenters. The molecule has 0 saturated carbocycles. The predicted octanol–water partition coefficient (Wildman–Crippen LogP) is 5.03. The summed E-state index contributed by atoms with van der Waals surface area (Å²) < 4.78 is 5.57. The molecule has 1 aliphatic rings. The Labute approximate surface area is 197 Å². The van der Waals surface area contributed by atoms with Gasteiger partial charge in [0.1, 0.15) is 6.61 Å². The first-order valence-corrected chi connectivity index (χ1v) is 11.2. The van der Waals surface area contributed by atoms with Gasteiger partial charge in [-0.05, 0) is 46.9 Å². The predicted molar refractivity (Wildman–Crippen MR) is 129 cm³/mol. The van der Waals surface area contributed by atoms with Crippen LogP contribution in [0.2, 0.25) is 0 Å². The average molecular weight is 459 g/mol. The Bertz CT molecular complexity index is 1180. The van der Waals surface area contributed by atoms with Gasteiger partial charge < -0.3 is 20.5 Å². The van der Waals surface area contributed by atoms with Gasteiger partial charge in [0.25, 0.3) is 0 Å². The molecule has 7 nitrogen and oxygen atoms in total. The third-order valence-electron chi connectivity index (χ3n) is 5.98. The zero-order valence-corrected chi connectivity index (χ0v) is 18.8. The molecule has 1 unspecified atom stereocenters. The van der Waals surface area contributed by atoms with Crippen molar-refractivity contribution >= 4 is 23.7 Å². The Morgan fingerprint density at radius 2 is 1.59 bits per heavy atom. The van der Waals surface area contributed by atoms with E-state index in [4.69, 9.17) is 9.84 Å². The number of fused-ring (bicyclic) bond motifs is 3. The topological polar surface area (TPSA) is 105 Å². The highest BCUT2D eigenvalue weighted by molar-refractivity contribution is 5.94. The molecule has 7 heteroatoms. The molecule has 174 valence electrons. The molecule has 0 spiro atoms. The van der Waals surface area contributed by atoms with Gasteiger partial charge in [-0.25, -0.2) is 9.59 Å². The minimum atomic E-state index is -1.07. The molecule has 4 rings (SSSR count). The number of carboxylic acids is 1. The standard InChI is InChI=1S/C27H26N2O5/c1-2-18(15-25(30)28-19-9-7-8-17(14-19)26(31)32)29-27(33)34-16-24-22-12-5-3-10-20(22)21-11-4-6-13-23(21)24/h3-14,18,24H,2,15-16H2,1H3,(H,28,30)(H,29,33)(H,31,32). The second-order valence-corrected chi connectivity index (χ2v) is 8.21. The van der Waals surface area contributed by atoms with Crippen LogP contribution in [0, 0.1) is 0 Å². The largest absolute Gasteiger partial charge is 0.478 e. The number of ether oxygens (including phenoxy) is 1. The summed E-state index contributed by atoms with van der Waals surface area (Å²) in [5.74, 6) is -1.43. The van der Waals surface area contributed by atoms with Crippen LogP contribution in [0.5, 0.6) is 0 Å². The molecular weight excluding hydrogens is 432 g/mol. The van der Waals surface area contributed by atoms with Gasteiger partial charge in [-0.1, -0.05) is 61.5 Å². The Morgan fingerprint density at radius 1 is 0.941 bits per heavy atom. The van der Waals surface area contributed by atoms with Crippen molar-refractivity contribution in [3.05, 3.63) is 89.5 Å². The van der Waals surface area contributed by atoms with Crippen molar-refractivity contribution in [2.75, 3.05) is 11.9 Å². The summed E-state index contributed by atoms with van der Waals surface area (Å²) in [5, 5.41) is 14.5. The van der Waals surface area contributed by atoms with Crippen molar-refractivity contribution in [2.24, 2.45) is 0 Å². The molecule has 34 heavy (non-hydrogen) atoms. The summed E-state index contributed by atoms with van der Waals surface area (Å²) in [4.78, 5) is 36.1.